The van der Waals surface area contributed by atoms with Gasteiger partial charge in [0.05, 0.1) is 11.3 Å². The summed E-state index contributed by atoms with van der Waals surface area (Å²) < 4.78 is 2.13. The zero-order chi connectivity index (χ0) is 11.5. The van der Waals surface area contributed by atoms with Crippen LogP contribution in [0.3, 0.4) is 0 Å². The minimum absolute atomic E-state index is 0.982. The number of aryl methyl sites for hydroxylation is 2. The molecule has 2 rings (SSSR count). The van der Waals surface area contributed by atoms with Gasteiger partial charge in [0, 0.05) is 12.2 Å². The molecule has 2 heterocycles. The highest BCUT2D eigenvalue weighted by atomic mass is 15.3. The highest BCUT2D eigenvalue weighted by molar-refractivity contribution is 5.23. The molecule has 0 bridgehead atoms. The molecule has 0 atom stereocenters. The maximum absolute atomic E-state index is 4.59. The Morgan fingerprint density at radius 3 is 2.56 bits per heavy atom. The van der Waals surface area contributed by atoms with Crippen molar-refractivity contribution in [2.45, 2.75) is 33.9 Å². The number of nitrogens with zero attached hydrogens (tertiary/aromatic N) is 2. The summed E-state index contributed by atoms with van der Waals surface area (Å²) in [6.07, 6.45) is 0. The molecule has 1 aromatic heterocycles. The van der Waals surface area contributed by atoms with Gasteiger partial charge in [0.25, 0.3) is 0 Å². The standard InChI is InChI=1S/C12H22N4/c1-4-16-11(3)12(10(2)14-16)9-15-7-5-13-6-8-15/h13H,4-9H2,1-3H3/p+2. The van der Waals surface area contributed by atoms with E-state index in [0.29, 0.717) is 0 Å². The highest BCUT2D eigenvalue weighted by Gasteiger charge is 2.20. The van der Waals surface area contributed by atoms with E-state index in [0.717, 1.165) is 13.1 Å². The van der Waals surface area contributed by atoms with Crippen molar-refractivity contribution >= 4 is 0 Å². The SMILES string of the molecule is CCn1nc(C)c(C[NH+]2CC[NH2+]CC2)c1C. The second kappa shape index (κ2) is 4.97. The largest absolute Gasteiger partial charge is 0.337 e. The van der Waals surface area contributed by atoms with Crippen molar-refractivity contribution in [3.8, 4) is 0 Å². The number of rotatable bonds is 3. The van der Waals surface area contributed by atoms with Crippen molar-refractivity contribution in [3.63, 3.8) is 0 Å². The summed E-state index contributed by atoms with van der Waals surface area (Å²) in [6.45, 7) is 13.8. The Hall–Kier alpha value is -0.870. The third kappa shape index (κ3) is 2.28. The molecule has 4 nitrogen and oxygen atoms in total. The molecule has 0 aliphatic carbocycles. The molecule has 0 amide bonds. The predicted molar refractivity (Wildman–Crippen MR) is 63.4 cm³/mol. The Bertz CT molecular complexity index is 350. The number of aromatic nitrogens is 2. The van der Waals surface area contributed by atoms with Gasteiger partial charge in [-0.05, 0) is 20.8 Å². The summed E-state index contributed by atoms with van der Waals surface area (Å²) >= 11 is 0. The van der Waals surface area contributed by atoms with E-state index in [9.17, 15) is 0 Å². The third-order valence-electron chi connectivity index (χ3n) is 3.66. The van der Waals surface area contributed by atoms with Crippen LogP contribution in [0.15, 0.2) is 0 Å². The molecular weight excluding hydrogens is 200 g/mol. The summed E-state index contributed by atoms with van der Waals surface area (Å²) in [6, 6.07) is 0. The molecule has 0 aromatic carbocycles. The molecule has 0 spiro atoms. The summed E-state index contributed by atoms with van der Waals surface area (Å²) in [7, 11) is 0. The average Bonchev–Trinajstić information content (AvgIpc) is 2.58. The van der Waals surface area contributed by atoms with E-state index in [4.69, 9.17) is 0 Å². The van der Waals surface area contributed by atoms with Gasteiger partial charge < -0.3 is 10.2 Å². The number of piperazine rings is 1. The topological polar surface area (TPSA) is 38.9 Å². The fourth-order valence-corrected chi connectivity index (χ4v) is 2.61. The molecule has 1 fully saturated rings. The van der Waals surface area contributed by atoms with Crippen LogP contribution in [-0.4, -0.2) is 36.0 Å². The molecule has 4 heteroatoms. The van der Waals surface area contributed by atoms with E-state index < -0.39 is 0 Å². The first kappa shape index (κ1) is 11.6. The smallest absolute Gasteiger partial charge is 0.127 e. The second-order valence-corrected chi connectivity index (χ2v) is 4.76. The molecular formula is C12H24N4+2. The molecule has 0 unspecified atom stereocenters. The lowest BCUT2D eigenvalue weighted by atomic mass is 10.1. The van der Waals surface area contributed by atoms with Crippen LogP contribution in [0, 0.1) is 13.8 Å². The van der Waals surface area contributed by atoms with Crippen molar-refractivity contribution in [1.82, 2.24) is 9.78 Å². The Kier molecular flexibility index (Phi) is 3.61. The van der Waals surface area contributed by atoms with Gasteiger partial charge in [-0.1, -0.05) is 0 Å². The van der Waals surface area contributed by atoms with Gasteiger partial charge in [-0.2, -0.15) is 5.10 Å². The first-order valence-electron chi connectivity index (χ1n) is 6.40. The summed E-state index contributed by atoms with van der Waals surface area (Å²) in [4.78, 5) is 1.71. The molecule has 90 valence electrons. The van der Waals surface area contributed by atoms with Crippen molar-refractivity contribution in [1.29, 1.82) is 0 Å². The van der Waals surface area contributed by atoms with E-state index in [1.165, 1.54) is 43.1 Å². The van der Waals surface area contributed by atoms with Crippen LogP contribution in [-0.2, 0) is 13.1 Å². The normalized spacial score (nSPS) is 17.9. The number of nitrogens with one attached hydrogen (secondary N) is 1. The fraction of sp³-hybridized carbons (Fsp3) is 0.750. The number of nitrogens with two attached hydrogens (primary N) is 1. The Balaban J connectivity index is 2.10. The van der Waals surface area contributed by atoms with Gasteiger partial charge in [-0.15, -0.1) is 0 Å². The molecule has 3 N–H and O–H groups in total. The lowest BCUT2D eigenvalue weighted by Gasteiger charge is -2.22. The molecule has 16 heavy (non-hydrogen) atoms. The van der Waals surface area contributed by atoms with Gasteiger partial charge in [0.1, 0.15) is 32.7 Å². The van der Waals surface area contributed by atoms with Crippen molar-refractivity contribution in [2.75, 3.05) is 26.2 Å². The average molecular weight is 224 g/mol. The summed E-state index contributed by atoms with van der Waals surface area (Å²) in [5.74, 6) is 0. The van der Waals surface area contributed by atoms with E-state index in [2.05, 4.69) is 35.9 Å². The van der Waals surface area contributed by atoms with Crippen LogP contribution in [0.5, 0.6) is 0 Å². The maximum atomic E-state index is 4.59. The Labute approximate surface area is 97.6 Å². The maximum Gasteiger partial charge on any atom is 0.127 e. The number of quaternary nitrogens is 2. The van der Waals surface area contributed by atoms with E-state index in [1.54, 1.807) is 4.90 Å². The summed E-state index contributed by atoms with van der Waals surface area (Å²) in [5, 5.41) is 7.01. The minimum Gasteiger partial charge on any atom is -0.337 e. The third-order valence-corrected chi connectivity index (χ3v) is 3.66. The predicted octanol–water partition coefficient (Wildman–Crippen LogP) is -1.52. The summed E-state index contributed by atoms with van der Waals surface area (Å²) in [5.41, 5.74) is 4.06. The fourth-order valence-electron chi connectivity index (χ4n) is 2.61. The van der Waals surface area contributed by atoms with Crippen molar-refractivity contribution < 1.29 is 10.2 Å². The number of hydrogen-bond donors (Lipinski definition) is 2. The second-order valence-electron chi connectivity index (χ2n) is 4.76. The molecule has 0 saturated carbocycles. The molecule has 1 aliphatic rings. The van der Waals surface area contributed by atoms with Crippen LogP contribution in [0.2, 0.25) is 0 Å². The monoisotopic (exact) mass is 224 g/mol. The van der Waals surface area contributed by atoms with Gasteiger partial charge >= 0.3 is 0 Å². The molecule has 1 aromatic rings. The Morgan fingerprint density at radius 2 is 2.00 bits per heavy atom. The lowest BCUT2D eigenvalue weighted by molar-refractivity contribution is -0.958. The van der Waals surface area contributed by atoms with Crippen LogP contribution in [0.25, 0.3) is 0 Å². The van der Waals surface area contributed by atoms with E-state index in [-0.39, 0.29) is 0 Å². The van der Waals surface area contributed by atoms with Gasteiger partial charge in [-0.3, -0.25) is 4.68 Å². The van der Waals surface area contributed by atoms with Crippen LogP contribution < -0.4 is 10.2 Å². The van der Waals surface area contributed by atoms with Gasteiger partial charge in [0.15, 0.2) is 0 Å². The molecule has 0 radical (unpaired) electrons. The van der Waals surface area contributed by atoms with Gasteiger partial charge in [0.2, 0.25) is 0 Å². The Morgan fingerprint density at radius 1 is 1.31 bits per heavy atom. The zero-order valence-electron chi connectivity index (χ0n) is 10.7. The highest BCUT2D eigenvalue weighted by Crippen LogP contribution is 2.11. The first-order chi connectivity index (χ1) is 7.72. The number of hydrogen-bond acceptors (Lipinski definition) is 1. The van der Waals surface area contributed by atoms with Crippen LogP contribution in [0.1, 0.15) is 23.9 Å². The quantitative estimate of drug-likeness (QED) is 0.643. The van der Waals surface area contributed by atoms with Crippen molar-refractivity contribution in [2.24, 2.45) is 0 Å². The van der Waals surface area contributed by atoms with Crippen LogP contribution >= 0.6 is 0 Å². The zero-order valence-corrected chi connectivity index (χ0v) is 10.7. The van der Waals surface area contributed by atoms with E-state index in [1.807, 2.05) is 0 Å². The van der Waals surface area contributed by atoms with Crippen molar-refractivity contribution in [3.05, 3.63) is 17.0 Å². The molecule has 1 aliphatic heterocycles. The molecule has 1 saturated heterocycles. The minimum atomic E-state index is 0.982. The first-order valence-corrected chi connectivity index (χ1v) is 6.40. The lowest BCUT2D eigenvalue weighted by Crippen LogP contribution is -3.19. The van der Waals surface area contributed by atoms with E-state index >= 15 is 0 Å². The van der Waals surface area contributed by atoms with Crippen LogP contribution in [0.4, 0.5) is 0 Å². The van der Waals surface area contributed by atoms with Gasteiger partial charge in [-0.25, -0.2) is 0 Å².